The standard InChI is InChI=1S/C15H19NO4/c1-10-3-4-12(11(2)9-10)5-6-14(18)16-8-7-13(17)15(19)20/h3-6,9,13,17H,7-8H2,1-2H3,(H,16,18)(H,19,20)/b6-5+/t13-/m0/s1. The summed E-state index contributed by atoms with van der Waals surface area (Å²) in [7, 11) is 0. The smallest absolute Gasteiger partial charge is 0.332 e. The molecule has 5 nitrogen and oxygen atoms in total. The van der Waals surface area contributed by atoms with Gasteiger partial charge < -0.3 is 15.5 Å². The summed E-state index contributed by atoms with van der Waals surface area (Å²) in [6.45, 7) is 4.08. The lowest BCUT2D eigenvalue weighted by atomic mass is 10.1. The van der Waals surface area contributed by atoms with Gasteiger partial charge in [0.15, 0.2) is 6.10 Å². The molecule has 1 amide bonds. The molecule has 0 bridgehead atoms. The van der Waals surface area contributed by atoms with Crippen molar-refractivity contribution in [2.24, 2.45) is 0 Å². The molecule has 0 aliphatic heterocycles. The molecule has 20 heavy (non-hydrogen) atoms. The number of aliphatic hydroxyl groups excluding tert-OH is 1. The Morgan fingerprint density at radius 3 is 2.65 bits per heavy atom. The number of amides is 1. The number of rotatable bonds is 6. The maximum atomic E-state index is 11.5. The zero-order valence-corrected chi connectivity index (χ0v) is 11.6. The molecular formula is C15H19NO4. The van der Waals surface area contributed by atoms with Gasteiger partial charge in [0.25, 0.3) is 0 Å². The number of carbonyl (C=O) groups excluding carboxylic acids is 1. The molecule has 0 radical (unpaired) electrons. The highest BCUT2D eigenvalue weighted by Crippen LogP contribution is 2.11. The highest BCUT2D eigenvalue weighted by molar-refractivity contribution is 5.91. The Labute approximate surface area is 117 Å². The first-order chi connectivity index (χ1) is 9.40. The minimum atomic E-state index is -1.45. The van der Waals surface area contributed by atoms with Crippen LogP contribution in [0.3, 0.4) is 0 Å². The molecule has 0 fully saturated rings. The molecule has 0 aliphatic rings. The van der Waals surface area contributed by atoms with Crippen molar-refractivity contribution in [1.82, 2.24) is 5.32 Å². The summed E-state index contributed by atoms with van der Waals surface area (Å²) in [6, 6.07) is 5.93. The molecule has 1 aromatic carbocycles. The highest BCUT2D eigenvalue weighted by Gasteiger charge is 2.12. The predicted octanol–water partition coefficient (Wildman–Crippen LogP) is 1.27. The number of carboxylic acids is 1. The van der Waals surface area contributed by atoms with Crippen molar-refractivity contribution in [3.63, 3.8) is 0 Å². The first-order valence-corrected chi connectivity index (χ1v) is 6.34. The fourth-order valence-corrected chi connectivity index (χ4v) is 1.69. The van der Waals surface area contributed by atoms with Crippen LogP contribution in [0.2, 0.25) is 0 Å². The average molecular weight is 277 g/mol. The third-order valence-corrected chi connectivity index (χ3v) is 2.84. The van der Waals surface area contributed by atoms with Gasteiger partial charge in [0.1, 0.15) is 0 Å². The molecule has 1 atom stereocenters. The molecule has 0 spiro atoms. The number of aryl methyl sites for hydroxylation is 2. The van der Waals surface area contributed by atoms with Gasteiger partial charge in [-0.2, -0.15) is 0 Å². The number of aliphatic carboxylic acids is 1. The Morgan fingerprint density at radius 2 is 2.05 bits per heavy atom. The summed E-state index contributed by atoms with van der Waals surface area (Å²) in [6.07, 6.45) is 1.64. The fourth-order valence-electron chi connectivity index (χ4n) is 1.69. The third-order valence-electron chi connectivity index (χ3n) is 2.84. The Hall–Kier alpha value is -2.14. The Morgan fingerprint density at radius 1 is 1.35 bits per heavy atom. The van der Waals surface area contributed by atoms with E-state index in [9.17, 15) is 9.59 Å². The van der Waals surface area contributed by atoms with E-state index in [1.54, 1.807) is 6.08 Å². The van der Waals surface area contributed by atoms with Crippen molar-refractivity contribution >= 4 is 18.0 Å². The van der Waals surface area contributed by atoms with E-state index in [2.05, 4.69) is 5.32 Å². The first-order valence-electron chi connectivity index (χ1n) is 6.34. The molecule has 0 saturated heterocycles. The van der Waals surface area contributed by atoms with Crippen LogP contribution in [0.5, 0.6) is 0 Å². The van der Waals surface area contributed by atoms with Gasteiger partial charge in [-0.15, -0.1) is 0 Å². The second-order valence-electron chi connectivity index (χ2n) is 4.63. The van der Waals surface area contributed by atoms with E-state index >= 15 is 0 Å². The van der Waals surface area contributed by atoms with Crippen molar-refractivity contribution in [3.8, 4) is 0 Å². The van der Waals surface area contributed by atoms with Crippen LogP contribution < -0.4 is 5.32 Å². The number of benzene rings is 1. The van der Waals surface area contributed by atoms with Crippen LogP contribution in [0.15, 0.2) is 24.3 Å². The number of carboxylic acid groups (broad SMARTS) is 1. The Bertz CT molecular complexity index is 523. The van der Waals surface area contributed by atoms with E-state index in [4.69, 9.17) is 10.2 Å². The van der Waals surface area contributed by atoms with Crippen LogP contribution in [0.4, 0.5) is 0 Å². The number of carbonyl (C=O) groups is 2. The number of hydrogen-bond acceptors (Lipinski definition) is 3. The van der Waals surface area contributed by atoms with E-state index in [0.717, 1.165) is 16.7 Å². The van der Waals surface area contributed by atoms with Crippen LogP contribution in [-0.2, 0) is 9.59 Å². The lowest BCUT2D eigenvalue weighted by Gasteiger charge is -2.05. The zero-order chi connectivity index (χ0) is 15.1. The van der Waals surface area contributed by atoms with Crippen molar-refractivity contribution in [2.45, 2.75) is 26.4 Å². The molecule has 3 N–H and O–H groups in total. The van der Waals surface area contributed by atoms with Crippen molar-refractivity contribution < 1.29 is 19.8 Å². The molecule has 1 aromatic rings. The van der Waals surface area contributed by atoms with Gasteiger partial charge in [0, 0.05) is 19.0 Å². The van der Waals surface area contributed by atoms with E-state index in [1.165, 1.54) is 6.08 Å². The van der Waals surface area contributed by atoms with Gasteiger partial charge >= 0.3 is 5.97 Å². The first kappa shape index (κ1) is 15.9. The number of nitrogens with one attached hydrogen (secondary N) is 1. The van der Waals surface area contributed by atoms with Gasteiger partial charge in [0.05, 0.1) is 0 Å². The fraction of sp³-hybridized carbons (Fsp3) is 0.333. The molecule has 0 aliphatic carbocycles. The molecule has 0 heterocycles. The van der Waals surface area contributed by atoms with Crippen molar-refractivity contribution in [3.05, 3.63) is 41.0 Å². The minimum Gasteiger partial charge on any atom is -0.479 e. The van der Waals surface area contributed by atoms with Crippen LogP contribution in [0.1, 0.15) is 23.1 Å². The molecular weight excluding hydrogens is 258 g/mol. The van der Waals surface area contributed by atoms with Gasteiger partial charge in [-0.25, -0.2) is 4.79 Å². The van der Waals surface area contributed by atoms with E-state index in [1.807, 2.05) is 32.0 Å². The van der Waals surface area contributed by atoms with Gasteiger partial charge in [-0.1, -0.05) is 23.8 Å². The maximum Gasteiger partial charge on any atom is 0.332 e. The second kappa shape index (κ2) is 7.45. The summed E-state index contributed by atoms with van der Waals surface area (Å²) in [5.41, 5.74) is 3.19. The number of aliphatic hydroxyl groups is 1. The molecule has 108 valence electrons. The van der Waals surface area contributed by atoms with Crippen LogP contribution in [0, 0.1) is 13.8 Å². The summed E-state index contributed by atoms with van der Waals surface area (Å²) in [5, 5.41) is 20.0. The predicted molar refractivity (Wildman–Crippen MR) is 76.2 cm³/mol. The number of hydrogen-bond donors (Lipinski definition) is 3. The lowest BCUT2D eigenvalue weighted by molar-refractivity contribution is -0.147. The molecule has 0 aromatic heterocycles. The van der Waals surface area contributed by atoms with E-state index in [-0.39, 0.29) is 18.9 Å². The monoisotopic (exact) mass is 277 g/mol. The van der Waals surface area contributed by atoms with Crippen LogP contribution in [-0.4, -0.2) is 34.7 Å². The molecule has 0 saturated carbocycles. The topological polar surface area (TPSA) is 86.6 Å². The summed E-state index contributed by atoms with van der Waals surface area (Å²) in [5.74, 6) is -1.60. The van der Waals surface area contributed by atoms with Gasteiger partial charge in [-0.3, -0.25) is 4.79 Å². The largest absolute Gasteiger partial charge is 0.479 e. The Kier molecular flexibility index (Phi) is 5.93. The summed E-state index contributed by atoms with van der Waals surface area (Å²) in [4.78, 5) is 21.9. The second-order valence-corrected chi connectivity index (χ2v) is 4.63. The zero-order valence-electron chi connectivity index (χ0n) is 11.6. The third kappa shape index (κ3) is 5.24. The van der Waals surface area contributed by atoms with E-state index < -0.39 is 12.1 Å². The van der Waals surface area contributed by atoms with Gasteiger partial charge in [-0.05, 0) is 31.1 Å². The van der Waals surface area contributed by atoms with Crippen LogP contribution >= 0.6 is 0 Å². The highest BCUT2D eigenvalue weighted by atomic mass is 16.4. The maximum absolute atomic E-state index is 11.5. The average Bonchev–Trinajstić information content (AvgIpc) is 2.37. The molecule has 0 unspecified atom stereocenters. The SMILES string of the molecule is Cc1ccc(/C=C/C(=O)NCC[C@H](O)C(=O)O)c(C)c1. The molecule has 1 rings (SSSR count). The van der Waals surface area contributed by atoms with Crippen molar-refractivity contribution in [2.75, 3.05) is 6.54 Å². The summed E-state index contributed by atoms with van der Waals surface area (Å²) < 4.78 is 0. The Balaban J connectivity index is 2.46. The lowest BCUT2D eigenvalue weighted by Crippen LogP contribution is -2.28. The molecule has 5 heteroatoms. The minimum absolute atomic E-state index is 0.0154. The van der Waals surface area contributed by atoms with Gasteiger partial charge in [0.2, 0.25) is 5.91 Å². The quantitative estimate of drug-likeness (QED) is 0.683. The van der Waals surface area contributed by atoms with Crippen molar-refractivity contribution in [1.29, 1.82) is 0 Å². The summed E-state index contributed by atoms with van der Waals surface area (Å²) >= 11 is 0. The van der Waals surface area contributed by atoms with Crippen LogP contribution in [0.25, 0.3) is 6.08 Å². The van der Waals surface area contributed by atoms with E-state index in [0.29, 0.717) is 0 Å². The normalized spacial score (nSPS) is 12.3.